The zero-order valence-corrected chi connectivity index (χ0v) is 12.6. The third-order valence-electron chi connectivity index (χ3n) is 3.95. The van der Waals surface area contributed by atoms with Gasteiger partial charge >= 0.3 is 0 Å². The fraction of sp³-hybridized carbons (Fsp3) is 0.471. The molecule has 0 radical (unpaired) electrons. The Morgan fingerprint density at radius 2 is 2.10 bits per heavy atom. The lowest BCUT2D eigenvalue weighted by Gasteiger charge is -2.10. The number of anilines is 1. The van der Waals surface area contributed by atoms with E-state index in [0.29, 0.717) is 5.92 Å². The van der Waals surface area contributed by atoms with Crippen LogP contribution in [0.1, 0.15) is 44.0 Å². The maximum absolute atomic E-state index is 6.33. The number of nitrogens with two attached hydrogens (primary N) is 1. The van der Waals surface area contributed by atoms with Crippen LogP contribution in [0.25, 0.3) is 11.3 Å². The molecule has 0 atom stereocenters. The highest BCUT2D eigenvalue weighted by molar-refractivity contribution is 5.71. The fourth-order valence-corrected chi connectivity index (χ4v) is 2.75. The lowest BCUT2D eigenvalue weighted by molar-refractivity contribution is 0.518. The van der Waals surface area contributed by atoms with Crippen molar-refractivity contribution >= 4 is 5.82 Å². The van der Waals surface area contributed by atoms with Gasteiger partial charge in [-0.1, -0.05) is 32.0 Å². The van der Waals surface area contributed by atoms with Crippen molar-refractivity contribution in [3.05, 3.63) is 35.7 Å². The molecule has 0 spiro atoms. The summed E-state index contributed by atoms with van der Waals surface area (Å²) in [4.78, 5) is 4.69. The lowest BCUT2D eigenvalue weighted by Crippen LogP contribution is -2.09. The van der Waals surface area contributed by atoms with Gasteiger partial charge in [-0.05, 0) is 43.2 Å². The second-order valence-corrected chi connectivity index (χ2v) is 6.30. The Morgan fingerprint density at radius 3 is 2.75 bits per heavy atom. The molecule has 0 unspecified atom stereocenters. The number of hydrogen-bond acceptors (Lipinski definition) is 2. The third kappa shape index (κ3) is 2.45. The molecule has 3 heteroatoms. The summed E-state index contributed by atoms with van der Waals surface area (Å²) in [7, 11) is 0. The molecule has 1 heterocycles. The molecule has 1 fully saturated rings. The Labute approximate surface area is 120 Å². The molecule has 0 saturated heterocycles. The summed E-state index contributed by atoms with van der Waals surface area (Å²) in [6.07, 6.45) is 2.64. The van der Waals surface area contributed by atoms with Crippen LogP contribution in [0.2, 0.25) is 0 Å². The number of aryl methyl sites for hydroxylation is 1. The van der Waals surface area contributed by atoms with Gasteiger partial charge in [-0.25, -0.2) is 4.98 Å². The number of benzene rings is 1. The summed E-state index contributed by atoms with van der Waals surface area (Å²) in [5, 5.41) is 0. The normalized spacial score (nSPS) is 15.0. The van der Waals surface area contributed by atoms with E-state index in [0.717, 1.165) is 35.4 Å². The van der Waals surface area contributed by atoms with Gasteiger partial charge in [0.05, 0.1) is 0 Å². The number of nitrogens with zero attached hydrogens (tertiary/aromatic N) is 2. The fourth-order valence-electron chi connectivity index (χ4n) is 2.75. The van der Waals surface area contributed by atoms with E-state index in [2.05, 4.69) is 42.7 Å². The van der Waals surface area contributed by atoms with Crippen molar-refractivity contribution in [3.8, 4) is 11.3 Å². The first kappa shape index (κ1) is 13.2. The minimum atomic E-state index is 0.566. The molecule has 1 saturated carbocycles. The van der Waals surface area contributed by atoms with Gasteiger partial charge in [0.1, 0.15) is 17.3 Å². The summed E-state index contributed by atoms with van der Waals surface area (Å²) < 4.78 is 2.13. The van der Waals surface area contributed by atoms with Crippen LogP contribution in [0.5, 0.6) is 0 Å². The van der Waals surface area contributed by atoms with E-state index in [1.807, 2.05) is 6.92 Å². The second-order valence-electron chi connectivity index (χ2n) is 6.30. The van der Waals surface area contributed by atoms with Crippen LogP contribution < -0.4 is 5.73 Å². The van der Waals surface area contributed by atoms with Crippen molar-refractivity contribution < 1.29 is 0 Å². The van der Waals surface area contributed by atoms with Crippen LogP contribution in [0.4, 0.5) is 5.82 Å². The van der Waals surface area contributed by atoms with Crippen molar-refractivity contribution in [2.75, 3.05) is 5.73 Å². The molecule has 1 aromatic heterocycles. The van der Waals surface area contributed by atoms with Crippen LogP contribution in [0.3, 0.4) is 0 Å². The van der Waals surface area contributed by atoms with Crippen molar-refractivity contribution in [2.45, 2.75) is 46.1 Å². The third-order valence-corrected chi connectivity index (χ3v) is 3.95. The molecule has 1 aliphatic rings. The number of hydrogen-bond donors (Lipinski definition) is 1. The van der Waals surface area contributed by atoms with Gasteiger partial charge in [-0.2, -0.15) is 0 Å². The van der Waals surface area contributed by atoms with E-state index >= 15 is 0 Å². The molecule has 0 aliphatic heterocycles. The Morgan fingerprint density at radius 1 is 1.35 bits per heavy atom. The monoisotopic (exact) mass is 269 g/mol. The maximum Gasteiger partial charge on any atom is 0.131 e. The summed E-state index contributed by atoms with van der Waals surface area (Å²) in [6, 6.07) is 8.72. The van der Waals surface area contributed by atoms with Crippen LogP contribution in [-0.4, -0.2) is 9.55 Å². The molecular weight excluding hydrogens is 246 g/mol. The van der Waals surface area contributed by atoms with E-state index in [9.17, 15) is 0 Å². The summed E-state index contributed by atoms with van der Waals surface area (Å²) in [5.41, 5.74) is 9.84. The first-order valence-corrected chi connectivity index (χ1v) is 7.49. The molecule has 1 aromatic carbocycles. The molecule has 2 N–H and O–H groups in total. The van der Waals surface area contributed by atoms with Gasteiger partial charge in [0.2, 0.25) is 0 Å². The zero-order valence-electron chi connectivity index (χ0n) is 12.6. The summed E-state index contributed by atoms with van der Waals surface area (Å²) in [6.45, 7) is 7.36. The predicted octanol–water partition coefficient (Wildman–Crippen LogP) is 3.97. The SMILES string of the molecule is Cc1nc(-c2cccc(C3CC3)c2)c(N)n1CC(C)C. The number of aromatic nitrogens is 2. The number of nitrogen functional groups attached to an aromatic ring is 1. The lowest BCUT2D eigenvalue weighted by atomic mass is 10.1. The molecule has 20 heavy (non-hydrogen) atoms. The van der Waals surface area contributed by atoms with Gasteiger partial charge in [-0.3, -0.25) is 0 Å². The standard InChI is InChI=1S/C17H23N3/c1-11(2)10-20-12(3)19-16(17(20)18)15-6-4-5-14(9-15)13-7-8-13/h4-6,9,11,13H,7-8,10,18H2,1-3H3. The van der Waals surface area contributed by atoms with E-state index in [-0.39, 0.29) is 0 Å². The van der Waals surface area contributed by atoms with Gasteiger partial charge in [-0.15, -0.1) is 0 Å². The molecule has 3 nitrogen and oxygen atoms in total. The molecular formula is C17H23N3. The van der Waals surface area contributed by atoms with E-state index in [4.69, 9.17) is 10.7 Å². The highest BCUT2D eigenvalue weighted by Gasteiger charge is 2.24. The van der Waals surface area contributed by atoms with Gasteiger partial charge in [0.25, 0.3) is 0 Å². The van der Waals surface area contributed by atoms with Crippen molar-refractivity contribution in [1.82, 2.24) is 9.55 Å². The quantitative estimate of drug-likeness (QED) is 0.912. The topological polar surface area (TPSA) is 43.8 Å². The van der Waals surface area contributed by atoms with E-state index < -0.39 is 0 Å². The summed E-state index contributed by atoms with van der Waals surface area (Å²) in [5.74, 6) is 3.12. The Bertz CT molecular complexity index is 621. The van der Waals surface area contributed by atoms with Crippen LogP contribution in [0.15, 0.2) is 24.3 Å². The first-order chi connectivity index (χ1) is 9.56. The smallest absolute Gasteiger partial charge is 0.131 e. The van der Waals surface area contributed by atoms with E-state index in [1.54, 1.807) is 0 Å². The zero-order chi connectivity index (χ0) is 14.3. The van der Waals surface area contributed by atoms with Gasteiger partial charge < -0.3 is 10.3 Å². The van der Waals surface area contributed by atoms with Crippen molar-refractivity contribution in [3.63, 3.8) is 0 Å². The van der Waals surface area contributed by atoms with Crippen LogP contribution in [0, 0.1) is 12.8 Å². The van der Waals surface area contributed by atoms with Crippen molar-refractivity contribution in [2.24, 2.45) is 5.92 Å². The minimum Gasteiger partial charge on any atom is -0.383 e. The Kier molecular flexibility index (Phi) is 3.28. The second kappa shape index (κ2) is 4.97. The molecule has 3 rings (SSSR count). The summed E-state index contributed by atoms with van der Waals surface area (Å²) >= 11 is 0. The Balaban J connectivity index is 1.99. The highest BCUT2D eigenvalue weighted by Crippen LogP contribution is 2.41. The molecule has 106 valence electrons. The molecule has 0 bridgehead atoms. The van der Waals surface area contributed by atoms with E-state index in [1.165, 1.54) is 18.4 Å². The highest BCUT2D eigenvalue weighted by atomic mass is 15.1. The molecule has 2 aromatic rings. The first-order valence-electron chi connectivity index (χ1n) is 7.49. The minimum absolute atomic E-state index is 0.566. The molecule has 1 aliphatic carbocycles. The molecule has 0 amide bonds. The maximum atomic E-state index is 6.33. The van der Waals surface area contributed by atoms with Crippen LogP contribution >= 0.6 is 0 Å². The van der Waals surface area contributed by atoms with Gasteiger partial charge in [0.15, 0.2) is 0 Å². The van der Waals surface area contributed by atoms with Crippen LogP contribution in [-0.2, 0) is 6.54 Å². The number of imidazole rings is 1. The predicted molar refractivity (Wildman–Crippen MR) is 83.6 cm³/mol. The average molecular weight is 269 g/mol. The van der Waals surface area contributed by atoms with Gasteiger partial charge in [0, 0.05) is 12.1 Å². The largest absolute Gasteiger partial charge is 0.383 e. The Hall–Kier alpha value is -1.77. The average Bonchev–Trinajstić information content (AvgIpc) is 3.22. The number of rotatable bonds is 4. The van der Waals surface area contributed by atoms with Crippen molar-refractivity contribution in [1.29, 1.82) is 0 Å².